The number of hydrogen-bond acceptors (Lipinski definition) is 13. The number of aliphatic hydroxyl groups excluding tert-OH is 1. The Morgan fingerprint density at radius 2 is 1.48 bits per heavy atom. The van der Waals surface area contributed by atoms with Crippen LogP contribution in [0.3, 0.4) is 0 Å². The zero-order valence-corrected chi connectivity index (χ0v) is 47.4. The number of imide groups is 1. The van der Waals surface area contributed by atoms with Crippen molar-refractivity contribution in [1.29, 1.82) is 0 Å². The van der Waals surface area contributed by atoms with Crippen molar-refractivity contribution in [3.63, 3.8) is 0 Å². The number of carbonyl (C=O) groups excluding carboxylic acids is 9. The molecule has 2 aliphatic rings. The summed E-state index contributed by atoms with van der Waals surface area (Å²) in [7, 11) is 6.21. The van der Waals surface area contributed by atoms with E-state index in [4.69, 9.17) is 14.2 Å². The van der Waals surface area contributed by atoms with Gasteiger partial charge in [0, 0.05) is 65.2 Å². The number of ether oxygens (including phenoxy) is 3. The standard InChI is InChI=1S/C57H85N7O13/c1-14-35(6)51(45(75-12)29-49(69)63-26-18-21-43(63)53(76-13)37(8)54(71)59-38(9)52(70)40-19-16-15-17-20-40)61(10)56(73)42(33(2)3)28-44(65)50(34(4)5)62(11)57(74)77-32-39-22-24-41(25-23-39)60-46(66)30-58-47(67)31-64-48(68)27-36(7)55(64)72/h15-17,19-20,22-25,33-38,42-43,45,50-53,70H,14,18,21,26-32H2,1-13H3,(H,58,67)(H,59,71)(H,60,66)/t35-,36?,37+,38+,42-,43-,45+,50-,51-,52+,53+/m0/s1. The predicted molar refractivity (Wildman–Crippen MR) is 288 cm³/mol. The first-order valence-corrected chi connectivity index (χ1v) is 26.9. The van der Waals surface area contributed by atoms with Crippen LogP contribution >= 0.6 is 0 Å². The van der Waals surface area contributed by atoms with Gasteiger partial charge in [-0.15, -0.1) is 0 Å². The van der Waals surface area contributed by atoms with Gasteiger partial charge in [-0.2, -0.15) is 0 Å². The summed E-state index contributed by atoms with van der Waals surface area (Å²) in [4.78, 5) is 125. The third-order valence-electron chi connectivity index (χ3n) is 15.3. The molecule has 77 heavy (non-hydrogen) atoms. The van der Waals surface area contributed by atoms with Crippen molar-refractivity contribution in [3.05, 3.63) is 65.7 Å². The SMILES string of the molecule is CC[C@H](C)[C@@H]([C@@H](CC(=O)N1CCC[C@H]1[C@H](OC)[C@@H](C)C(=O)N[C@H](C)[C@@H](O)c1ccccc1)OC)N(C)C(=O)[C@@H](CC(=O)[C@H](C(C)C)N(C)C(=O)OCc1ccc(NC(=O)CNC(=O)CN2C(=O)CC(C)C2=O)cc1)C(C)C. The largest absolute Gasteiger partial charge is 0.445 e. The summed E-state index contributed by atoms with van der Waals surface area (Å²) in [6, 6.07) is 13.0. The lowest BCUT2D eigenvalue weighted by Gasteiger charge is -2.41. The molecule has 0 radical (unpaired) electrons. The van der Waals surface area contributed by atoms with E-state index in [2.05, 4.69) is 16.0 Å². The van der Waals surface area contributed by atoms with Crippen LogP contribution < -0.4 is 16.0 Å². The third-order valence-corrected chi connectivity index (χ3v) is 15.3. The summed E-state index contributed by atoms with van der Waals surface area (Å²) >= 11 is 0. The summed E-state index contributed by atoms with van der Waals surface area (Å²) < 4.78 is 17.7. The van der Waals surface area contributed by atoms with E-state index < -0.39 is 103 Å². The fraction of sp³-hybridized carbons (Fsp3) is 0.632. The minimum Gasteiger partial charge on any atom is -0.445 e. The minimum absolute atomic E-state index is 0.0400. The van der Waals surface area contributed by atoms with Crippen LogP contribution in [0.2, 0.25) is 0 Å². The second-order valence-electron chi connectivity index (χ2n) is 21.6. The molecule has 4 rings (SSSR count). The van der Waals surface area contributed by atoms with Crippen LogP contribution in [-0.2, 0) is 59.2 Å². The van der Waals surface area contributed by atoms with E-state index in [1.807, 2.05) is 59.7 Å². The van der Waals surface area contributed by atoms with Gasteiger partial charge in [0.15, 0.2) is 5.78 Å². The van der Waals surface area contributed by atoms with E-state index in [-0.39, 0.29) is 67.1 Å². The first kappa shape index (κ1) is 63.3. The van der Waals surface area contributed by atoms with Gasteiger partial charge in [0.05, 0.1) is 61.4 Å². The van der Waals surface area contributed by atoms with E-state index >= 15 is 0 Å². The third kappa shape index (κ3) is 16.9. The molecule has 0 aromatic heterocycles. The fourth-order valence-electron chi connectivity index (χ4n) is 10.6. The molecule has 2 aliphatic heterocycles. The van der Waals surface area contributed by atoms with Crippen molar-refractivity contribution in [3.8, 4) is 0 Å². The van der Waals surface area contributed by atoms with Gasteiger partial charge in [0.25, 0.3) is 0 Å². The van der Waals surface area contributed by atoms with Gasteiger partial charge in [-0.05, 0) is 60.8 Å². The van der Waals surface area contributed by atoms with Gasteiger partial charge in [-0.3, -0.25) is 43.3 Å². The molecule has 0 saturated carbocycles. The number of hydrogen-bond donors (Lipinski definition) is 4. The van der Waals surface area contributed by atoms with Crippen LogP contribution in [0.5, 0.6) is 0 Å². The highest BCUT2D eigenvalue weighted by Gasteiger charge is 2.44. The molecule has 20 heteroatoms. The highest BCUT2D eigenvalue weighted by molar-refractivity contribution is 6.06. The molecular weight excluding hydrogens is 991 g/mol. The Morgan fingerprint density at radius 1 is 0.831 bits per heavy atom. The maximum absolute atomic E-state index is 14.7. The summed E-state index contributed by atoms with van der Waals surface area (Å²) in [5, 5.41) is 18.9. The fourth-order valence-corrected chi connectivity index (χ4v) is 10.6. The van der Waals surface area contributed by atoms with E-state index in [1.165, 1.54) is 26.2 Å². The number of anilines is 1. The van der Waals surface area contributed by atoms with E-state index in [0.717, 1.165) is 4.90 Å². The van der Waals surface area contributed by atoms with E-state index in [1.54, 1.807) is 74.0 Å². The molecule has 2 fully saturated rings. The molecule has 0 aliphatic carbocycles. The number of nitrogens with zero attached hydrogens (tertiary/aromatic N) is 4. The molecule has 2 heterocycles. The summed E-state index contributed by atoms with van der Waals surface area (Å²) in [6.07, 6.45) is -1.25. The predicted octanol–water partition coefficient (Wildman–Crippen LogP) is 5.12. The van der Waals surface area contributed by atoms with Crippen LogP contribution in [0.15, 0.2) is 54.6 Å². The zero-order valence-electron chi connectivity index (χ0n) is 47.4. The van der Waals surface area contributed by atoms with Gasteiger partial charge in [-0.25, -0.2) is 4.79 Å². The Hall–Kier alpha value is -6.25. The summed E-state index contributed by atoms with van der Waals surface area (Å²) in [5.74, 6) is -5.87. The van der Waals surface area contributed by atoms with Gasteiger partial charge < -0.3 is 50.0 Å². The van der Waals surface area contributed by atoms with Crippen molar-refractivity contribution in [2.45, 2.75) is 150 Å². The highest BCUT2D eigenvalue weighted by atomic mass is 16.6. The molecule has 2 saturated heterocycles. The van der Waals surface area contributed by atoms with Crippen LogP contribution in [0.25, 0.3) is 0 Å². The smallest absolute Gasteiger partial charge is 0.410 e. The lowest BCUT2D eigenvalue weighted by atomic mass is 9.83. The quantitative estimate of drug-likeness (QED) is 0.0810. The Morgan fingerprint density at radius 3 is 2.04 bits per heavy atom. The van der Waals surface area contributed by atoms with Gasteiger partial charge >= 0.3 is 6.09 Å². The number of amides is 8. The Bertz CT molecular complexity index is 2350. The Kier molecular flexibility index (Phi) is 24.2. The van der Waals surface area contributed by atoms with Crippen molar-refractivity contribution in [2.24, 2.45) is 35.5 Å². The van der Waals surface area contributed by atoms with E-state index in [9.17, 15) is 48.3 Å². The van der Waals surface area contributed by atoms with Crippen molar-refractivity contribution in [2.75, 3.05) is 53.3 Å². The van der Waals surface area contributed by atoms with Crippen molar-refractivity contribution < 1.29 is 62.5 Å². The molecule has 0 bridgehead atoms. The van der Waals surface area contributed by atoms with Crippen LogP contribution in [0.4, 0.5) is 10.5 Å². The van der Waals surface area contributed by atoms with Crippen LogP contribution in [0.1, 0.15) is 118 Å². The number of benzene rings is 2. The second kappa shape index (κ2) is 29.5. The average molecular weight is 1080 g/mol. The number of rotatable bonds is 28. The average Bonchev–Trinajstić information content (AvgIpc) is 3.98. The number of carbonyl (C=O) groups is 9. The molecule has 0 spiro atoms. The lowest BCUT2D eigenvalue weighted by molar-refractivity contribution is -0.149. The molecular formula is C57H85N7O13. The Balaban J connectivity index is 1.36. The van der Waals surface area contributed by atoms with Crippen molar-refractivity contribution in [1.82, 2.24) is 30.2 Å². The first-order chi connectivity index (χ1) is 36.4. The Labute approximate surface area is 454 Å². The molecule has 11 atom stereocenters. The number of aliphatic hydroxyl groups is 1. The summed E-state index contributed by atoms with van der Waals surface area (Å²) in [5.41, 5.74) is 1.66. The number of likely N-dealkylation sites (N-methyl/N-ethyl adjacent to an activating group) is 2. The van der Waals surface area contributed by atoms with Gasteiger partial charge in [-0.1, -0.05) is 104 Å². The number of nitrogens with one attached hydrogen (secondary N) is 3. The molecule has 4 N–H and O–H groups in total. The monoisotopic (exact) mass is 1080 g/mol. The number of methoxy groups -OCH3 is 2. The topological polar surface area (TPSA) is 251 Å². The van der Waals surface area contributed by atoms with Crippen molar-refractivity contribution >= 4 is 58.9 Å². The molecule has 8 amide bonds. The van der Waals surface area contributed by atoms with Crippen LogP contribution in [0, 0.1) is 35.5 Å². The zero-order chi connectivity index (χ0) is 57.4. The minimum atomic E-state index is -0.933. The molecule has 426 valence electrons. The maximum Gasteiger partial charge on any atom is 0.410 e. The molecule has 2 aromatic rings. The number of Topliss-reactive ketones (excluding diaryl/α,β-unsaturated/α-hetero) is 1. The maximum atomic E-state index is 14.7. The van der Waals surface area contributed by atoms with Gasteiger partial charge in [0.1, 0.15) is 13.2 Å². The number of likely N-dealkylation sites (tertiary alicyclic amines) is 2. The lowest BCUT2D eigenvalue weighted by Crippen LogP contribution is -2.55. The van der Waals surface area contributed by atoms with Crippen LogP contribution in [-0.4, -0.2) is 162 Å². The molecule has 1 unspecified atom stereocenters. The second-order valence-corrected chi connectivity index (χ2v) is 21.6. The highest BCUT2D eigenvalue weighted by Crippen LogP contribution is 2.32. The summed E-state index contributed by atoms with van der Waals surface area (Å²) in [6.45, 7) is 15.9. The first-order valence-electron chi connectivity index (χ1n) is 26.9. The normalized spacial score (nSPS) is 19.1. The number of ketones is 1. The van der Waals surface area contributed by atoms with Gasteiger partial charge in [0.2, 0.25) is 41.4 Å². The van der Waals surface area contributed by atoms with E-state index in [0.29, 0.717) is 42.6 Å². The molecule has 20 nitrogen and oxygen atoms in total. The molecule has 2 aromatic carbocycles.